The smallest absolute Gasteiger partial charge is 0.132 e. The van der Waals surface area contributed by atoms with E-state index in [0.717, 1.165) is 11.1 Å². The summed E-state index contributed by atoms with van der Waals surface area (Å²) in [6.45, 7) is 3.66. The number of hydrogen-bond donors (Lipinski definition) is 0. The van der Waals surface area contributed by atoms with Crippen LogP contribution >= 0.6 is 23.2 Å². The largest absolute Gasteiger partial charge is 0.196 e. The molecule has 74 valence electrons. The van der Waals surface area contributed by atoms with Crippen LogP contribution < -0.4 is 0 Å². The molecule has 14 heavy (non-hydrogen) atoms. The van der Waals surface area contributed by atoms with Gasteiger partial charge in [0.2, 0.25) is 0 Å². The molecule has 0 aromatic heterocycles. The lowest BCUT2D eigenvalue weighted by Gasteiger charge is -2.15. The molecule has 3 heteroatoms. The molecular weight excluding hydrogens is 217 g/mol. The van der Waals surface area contributed by atoms with Crippen molar-refractivity contribution >= 4 is 23.2 Å². The first-order valence-electron chi connectivity index (χ1n) is 4.30. The summed E-state index contributed by atoms with van der Waals surface area (Å²) in [6.07, 6.45) is 0.469. The number of hydrogen-bond acceptors (Lipinski definition) is 1. The van der Waals surface area contributed by atoms with Crippen molar-refractivity contribution in [2.75, 3.05) is 0 Å². The molecule has 0 saturated heterocycles. The summed E-state index contributed by atoms with van der Waals surface area (Å²) in [6, 6.07) is 7.72. The van der Waals surface area contributed by atoms with E-state index in [9.17, 15) is 0 Å². The van der Waals surface area contributed by atoms with Gasteiger partial charge in [0.1, 0.15) is 4.87 Å². The zero-order valence-corrected chi connectivity index (χ0v) is 9.65. The van der Waals surface area contributed by atoms with Crippen molar-refractivity contribution in [2.24, 2.45) is 0 Å². The maximum atomic E-state index is 8.81. The Morgan fingerprint density at radius 2 is 2.14 bits per heavy atom. The van der Waals surface area contributed by atoms with E-state index in [1.54, 1.807) is 6.92 Å². The van der Waals surface area contributed by atoms with Gasteiger partial charge < -0.3 is 0 Å². The lowest BCUT2D eigenvalue weighted by molar-refractivity contribution is 0.779. The molecule has 0 bridgehead atoms. The normalized spacial score (nSPS) is 14.5. The van der Waals surface area contributed by atoms with Gasteiger partial charge in [-0.2, -0.15) is 5.26 Å². The van der Waals surface area contributed by atoms with E-state index in [0.29, 0.717) is 11.4 Å². The van der Waals surface area contributed by atoms with E-state index in [1.165, 1.54) is 0 Å². The summed E-state index contributed by atoms with van der Waals surface area (Å²) in [4.78, 5) is -0.879. The van der Waals surface area contributed by atoms with Crippen LogP contribution in [0.5, 0.6) is 0 Å². The molecule has 0 heterocycles. The fourth-order valence-electron chi connectivity index (χ4n) is 1.26. The monoisotopic (exact) mass is 227 g/mol. The minimum Gasteiger partial charge on any atom is -0.196 e. The lowest BCUT2D eigenvalue weighted by atomic mass is 9.98. The van der Waals surface area contributed by atoms with E-state index < -0.39 is 4.87 Å². The van der Waals surface area contributed by atoms with Crippen LogP contribution in [-0.2, 0) is 6.42 Å². The molecule has 1 aromatic carbocycles. The van der Waals surface area contributed by atoms with E-state index in [4.69, 9.17) is 28.5 Å². The minimum absolute atomic E-state index is 0.469. The fraction of sp³-hybridized carbons (Fsp3) is 0.364. The predicted octanol–water partition coefficient (Wildman–Crippen LogP) is 3.71. The van der Waals surface area contributed by atoms with E-state index in [1.807, 2.05) is 25.1 Å². The van der Waals surface area contributed by atoms with Gasteiger partial charge in [-0.25, -0.2) is 0 Å². The Bertz CT molecular complexity index is 357. The molecule has 0 N–H and O–H groups in total. The molecule has 0 aliphatic rings. The highest BCUT2D eigenvalue weighted by Crippen LogP contribution is 2.27. The predicted molar refractivity (Wildman–Crippen MR) is 59.8 cm³/mol. The van der Waals surface area contributed by atoms with Crippen molar-refractivity contribution in [1.29, 1.82) is 5.26 Å². The standard InChI is InChI=1S/C11H11Cl2N/c1-8-4-3-5-10(12)9(8)6-11(2,13)7-14/h3-5H,6H2,1-2H3. The minimum atomic E-state index is -0.879. The highest BCUT2D eigenvalue weighted by atomic mass is 35.5. The van der Waals surface area contributed by atoms with Gasteiger partial charge in [0.25, 0.3) is 0 Å². The van der Waals surface area contributed by atoms with Crippen LogP contribution in [0.15, 0.2) is 18.2 Å². The number of alkyl halides is 1. The average Bonchev–Trinajstić information content (AvgIpc) is 2.12. The maximum Gasteiger partial charge on any atom is 0.132 e. The van der Waals surface area contributed by atoms with Crippen LogP contribution in [0.25, 0.3) is 0 Å². The molecule has 0 radical (unpaired) electrons. The highest BCUT2D eigenvalue weighted by Gasteiger charge is 2.22. The van der Waals surface area contributed by atoms with Crippen LogP contribution in [0.1, 0.15) is 18.1 Å². The van der Waals surface area contributed by atoms with Gasteiger partial charge >= 0.3 is 0 Å². The van der Waals surface area contributed by atoms with Crippen molar-refractivity contribution in [1.82, 2.24) is 0 Å². The summed E-state index contributed by atoms with van der Waals surface area (Å²) in [7, 11) is 0. The molecule has 1 unspecified atom stereocenters. The SMILES string of the molecule is Cc1cccc(Cl)c1CC(C)(Cl)C#N. The van der Waals surface area contributed by atoms with Crippen LogP contribution in [0.2, 0.25) is 5.02 Å². The van der Waals surface area contributed by atoms with E-state index >= 15 is 0 Å². The molecule has 1 aromatic rings. The second-order valence-electron chi connectivity index (χ2n) is 3.52. The first kappa shape index (κ1) is 11.4. The van der Waals surface area contributed by atoms with Crippen LogP contribution in [0.3, 0.4) is 0 Å². The van der Waals surface area contributed by atoms with E-state index in [2.05, 4.69) is 6.07 Å². The van der Waals surface area contributed by atoms with Gasteiger partial charge in [0.15, 0.2) is 0 Å². The number of nitrogens with zero attached hydrogens (tertiary/aromatic N) is 1. The van der Waals surface area contributed by atoms with Gasteiger partial charge in [0.05, 0.1) is 6.07 Å². The molecule has 1 atom stereocenters. The van der Waals surface area contributed by atoms with Crippen molar-refractivity contribution in [3.63, 3.8) is 0 Å². The zero-order chi connectivity index (χ0) is 10.8. The second kappa shape index (κ2) is 4.21. The third-order valence-electron chi connectivity index (χ3n) is 2.09. The molecule has 0 amide bonds. The second-order valence-corrected chi connectivity index (χ2v) is 4.76. The van der Waals surface area contributed by atoms with Crippen molar-refractivity contribution < 1.29 is 0 Å². The molecule has 0 fully saturated rings. The van der Waals surface area contributed by atoms with Crippen molar-refractivity contribution in [3.8, 4) is 6.07 Å². The number of aryl methyl sites for hydroxylation is 1. The summed E-state index contributed by atoms with van der Waals surface area (Å²) >= 11 is 12.0. The van der Waals surface area contributed by atoms with Crippen LogP contribution in [-0.4, -0.2) is 4.87 Å². The Balaban J connectivity index is 3.04. The summed E-state index contributed by atoms with van der Waals surface area (Å²) < 4.78 is 0. The van der Waals surface area contributed by atoms with Gasteiger partial charge in [-0.1, -0.05) is 23.7 Å². The first-order valence-corrected chi connectivity index (χ1v) is 5.06. The number of benzene rings is 1. The molecule has 0 spiro atoms. The van der Waals surface area contributed by atoms with Gasteiger partial charge in [-0.05, 0) is 31.0 Å². The summed E-state index contributed by atoms with van der Waals surface area (Å²) in [5.74, 6) is 0. The van der Waals surface area contributed by atoms with Crippen molar-refractivity contribution in [2.45, 2.75) is 25.1 Å². The molecule has 0 saturated carbocycles. The highest BCUT2D eigenvalue weighted by molar-refractivity contribution is 6.31. The van der Waals surface area contributed by atoms with Crippen molar-refractivity contribution in [3.05, 3.63) is 34.3 Å². The topological polar surface area (TPSA) is 23.8 Å². The molecule has 0 aliphatic carbocycles. The molecule has 1 rings (SSSR count). The number of halogens is 2. The Morgan fingerprint density at radius 3 is 2.64 bits per heavy atom. The zero-order valence-electron chi connectivity index (χ0n) is 8.14. The third kappa shape index (κ3) is 2.64. The van der Waals surface area contributed by atoms with E-state index in [-0.39, 0.29) is 0 Å². The quantitative estimate of drug-likeness (QED) is 0.708. The maximum absolute atomic E-state index is 8.81. The number of rotatable bonds is 2. The Labute approximate surface area is 94.3 Å². The first-order chi connectivity index (χ1) is 6.46. The Morgan fingerprint density at radius 1 is 1.50 bits per heavy atom. The van der Waals surface area contributed by atoms with Gasteiger partial charge in [0, 0.05) is 11.4 Å². The average molecular weight is 228 g/mol. The van der Waals surface area contributed by atoms with Crippen LogP contribution in [0, 0.1) is 18.3 Å². The summed E-state index contributed by atoms with van der Waals surface area (Å²) in [5.41, 5.74) is 2.02. The molecule has 1 nitrogen and oxygen atoms in total. The summed E-state index contributed by atoms with van der Waals surface area (Å²) in [5, 5.41) is 9.49. The Hall–Kier alpha value is -0.710. The molecular formula is C11H11Cl2N. The lowest BCUT2D eigenvalue weighted by Crippen LogP contribution is -2.17. The molecule has 0 aliphatic heterocycles. The van der Waals surface area contributed by atoms with Crippen LogP contribution in [0.4, 0.5) is 0 Å². The fourth-order valence-corrected chi connectivity index (χ4v) is 1.68. The third-order valence-corrected chi connectivity index (χ3v) is 2.67. The Kier molecular flexibility index (Phi) is 3.42. The number of nitriles is 1. The van der Waals surface area contributed by atoms with Gasteiger partial charge in [-0.15, -0.1) is 11.6 Å². The van der Waals surface area contributed by atoms with Gasteiger partial charge in [-0.3, -0.25) is 0 Å².